The Hall–Kier alpha value is -0.980. The van der Waals surface area contributed by atoms with Crippen LogP contribution in [0, 0.1) is 6.92 Å². The minimum absolute atomic E-state index is 0. The summed E-state index contributed by atoms with van der Waals surface area (Å²) in [6, 6.07) is 0. The number of hydrogen-bond acceptors (Lipinski definition) is 6. The first-order valence-corrected chi connectivity index (χ1v) is 11.0. The van der Waals surface area contributed by atoms with Crippen molar-refractivity contribution < 1.29 is 9.47 Å². The molecular formula is C20H40IN7O2. The van der Waals surface area contributed by atoms with E-state index >= 15 is 0 Å². The third kappa shape index (κ3) is 10.9. The van der Waals surface area contributed by atoms with Crippen LogP contribution in [0.25, 0.3) is 0 Å². The van der Waals surface area contributed by atoms with Crippen molar-refractivity contribution in [3.05, 3.63) is 11.6 Å². The second-order valence-electron chi connectivity index (χ2n) is 7.37. The Labute approximate surface area is 198 Å². The van der Waals surface area contributed by atoms with Crippen molar-refractivity contribution in [3.63, 3.8) is 0 Å². The normalized spacial score (nSPS) is 15.1. The van der Waals surface area contributed by atoms with Crippen molar-refractivity contribution in [1.82, 2.24) is 30.3 Å². The lowest BCUT2D eigenvalue weighted by molar-refractivity contribution is 0.0376. The summed E-state index contributed by atoms with van der Waals surface area (Å²) < 4.78 is 13.0. The summed E-state index contributed by atoms with van der Waals surface area (Å²) >= 11 is 0. The lowest BCUT2D eigenvalue weighted by atomic mass is 10.3. The molecule has 1 fully saturated rings. The van der Waals surface area contributed by atoms with Gasteiger partial charge in [-0.1, -0.05) is 13.3 Å². The Morgan fingerprint density at radius 3 is 2.47 bits per heavy atom. The van der Waals surface area contributed by atoms with Gasteiger partial charge in [-0.05, 0) is 32.7 Å². The number of hydrogen-bond donors (Lipinski definition) is 2. The van der Waals surface area contributed by atoms with Crippen LogP contribution in [0.1, 0.15) is 44.3 Å². The lowest BCUT2D eigenvalue weighted by Crippen LogP contribution is -2.41. The number of halogens is 1. The average molecular weight is 537 g/mol. The van der Waals surface area contributed by atoms with Gasteiger partial charge >= 0.3 is 0 Å². The fraction of sp³-hybridized carbons (Fsp3) is 0.850. The van der Waals surface area contributed by atoms with Crippen LogP contribution in [0.3, 0.4) is 0 Å². The van der Waals surface area contributed by atoms with Gasteiger partial charge in [-0.2, -0.15) is 0 Å². The molecule has 1 aromatic rings. The van der Waals surface area contributed by atoms with Crippen molar-refractivity contribution in [2.45, 2.75) is 46.1 Å². The summed E-state index contributed by atoms with van der Waals surface area (Å²) in [5.74, 6) is 2.58. The number of aliphatic imine (C=N–C) groups is 1. The van der Waals surface area contributed by atoms with Crippen molar-refractivity contribution in [2.75, 3.05) is 59.2 Å². The van der Waals surface area contributed by atoms with Crippen molar-refractivity contribution in [2.24, 2.45) is 12.0 Å². The maximum absolute atomic E-state index is 5.63. The highest BCUT2D eigenvalue weighted by Gasteiger charge is 2.09. The molecule has 0 aromatic carbocycles. The van der Waals surface area contributed by atoms with Crippen LogP contribution in [-0.4, -0.2) is 84.8 Å². The first-order valence-electron chi connectivity index (χ1n) is 11.0. The first-order chi connectivity index (χ1) is 14.2. The van der Waals surface area contributed by atoms with Crippen LogP contribution in [-0.2, 0) is 23.1 Å². The largest absolute Gasteiger partial charge is 0.381 e. The van der Waals surface area contributed by atoms with Crippen LogP contribution < -0.4 is 10.6 Å². The molecule has 174 valence electrons. The van der Waals surface area contributed by atoms with Crippen molar-refractivity contribution >= 4 is 29.9 Å². The quantitative estimate of drug-likeness (QED) is 0.172. The molecule has 1 aliphatic heterocycles. The molecule has 0 radical (unpaired) electrons. The number of nitrogens with one attached hydrogen (secondary N) is 2. The summed E-state index contributed by atoms with van der Waals surface area (Å²) in [7, 11) is 1.97. The zero-order valence-corrected chi connectivity index (χ0v) is 21.2. The summed E-state index contributed by atoms with van der Waals surface area (Å²) in [6.07, 6.45) is 4.33. The van der Waals surface area contributed by atoms with E-state index < -0.39 is 0 Å². The molecule has 1 aromatic heterocycles. The standard InChI is InChI=1S/C20H39N7O2.HI/c1-4-5-13-28-14-7-9-22-20(23-17-19-25-24-18(2)26(19)3)21-8-6-10-27-11-15-29-16-12-27;/h4-17H2,1-3H3,(H2,21,22,23);1H. The molecule has 0 amide bonds. The van der Waals surface area contributed by atoms with E-state index in [1.807, 2.05) is 18.5 Å². The van der Waals surface area contributed by atoms with E-state index in [-0.39, 0.29) is 24.0 Å². The van der Waals surface area contributed by atoms with Gasteiger partial charge in [-0.3, -0.25) is 4.90 Å². The summed E-state index contributed by atoms with van der Waals surface area (Å²) in [6.45, 7) is 12.8. The molecule has 10 heteroatoms. The molecule has 0 saturated carbocycles. The molecule has 0 aliphatic carbocycles. The van der Waals surface area contributed by atoms with E-state index in [1.165, 1.54) is 6.42 Å². The third-order valence-corrected chi connectivity index (χ3v) is 5.01. The fourth-order valence-corrected chi connectivity index (χ4v) is 2.98. The minimum atomic E-state index is 0. The SMILES string of the molecule is CCCCOCCCNC(=NCc1nnc(C)n1C)NCCCN1CCOCC1.I. The van der Waals surface area contributed by atoms with Crippen LogP contribution in [0.4, 0.5) is 0 Å². The number of rotatable bonds is 13. The molecular weight excluding hydrogens is 497 g/mol. The number of aryl methyl sites for hydroxylation is 1. The van der Waals surface area contributed by atoms with E-state index in [0.29, 0.717) is 6.54 Å². The van der Waals surface area contributed by atoms with Gasteiger partial charge in [0.15, 0.2) is 11.8 Å². The van der Waals surface area contributed by atoms with Crippen molar-refractivity contribution in [1.29, 1.82) is 0 Å². The van der Waals surface area contributed by atoms with Gasteiger partial charge in [0.25, 0.3) is 0 Å². The van der Waals surface area contributed by atoms with E-state index in [0.717, 1.165) is 96.0 Å². The number of morpholine rings is 1. The molecule has 1 aliphatic rings. The lowest BCUT2D eigenvalue weighted by Gasteiger charge is -2.26. The predicted molar refractivity (Wildman–Crippen MR) is 131 cm³/mol. The topological polar surface area (TPSA) is 88.8 Å². The highest BCUT2D eigenvalue weighted by atomic mass is 127. The molecule has 0 spiro atoms. The van der Waals surface area contributed by atoms with Gasteiger partial charge in [-0.25, -0.2) is 4.99 Å². The van der Waals surface area contributed by atoms with E-state index in [1.54, 1.807) is 0 Å². The maximum atomic E-state index is 5.63. The second-order valence-corrected chi connectivity index (χ2v) is 7.37. The molecule has 9 nitrogen and oxygen atoms in total. The average Bonchev–Trinajstić information content (AvgIpc) is 3.06. The Morgan fingerprint density at radius 2 is 1.80 bits per heavy atom. The smallest absolute Gasteiger partial charge is 0.191 e. The summed E-state index contributed by atoms with van der Waals surface area (Å²) in [4.78, 5) is 7.15. The Kier molecular flexibility index (Phi) is 15.0. The zero-order valence-electron chi connectivity index (χ0n) is 18.9. The van der Waals surface area contributed by atoms with Gasteiger partial charge in [-0.15, -0.1) is 34.2 Å². The van der Waals surface area contributed by atoms with E-state index in [4.69, 9.17) is 14.5 Å². The number of guanidine groups is 1. The molecule has 2 N–H and O–H groups in total. The Bertz CT molecular complexity index is 592. The molecule has 2 heterocycles. The molecule has 0 unspecified atom stereocenters. The second kappa shape index (κ2) is 16.7. The predicted octanol–water partition coefficient (Wildman–Crippen LogP) is 1.71. The van der Waals surface area contributed by atoms with E-state index in [2.05, 4.69) is 32.7 Å². The minimum Gasteiger partial charge on any atom is -0.381 e. The Morgan fingerprint density at radius 1 is 1.10 bits per heavy atom. The molecule has 0 bridgehead atoms. The van der Waals surface area contributed by atoms with Crippen LogP contribution in [0.15, 0.2) is 4.99 Å². The number of ether oxygens (including phenoxy) is 2. The highest BCUT2D eigenvalue weighted by molar-refractivity contribution is 14.0. The number of unbranched alkanes of at least 4 members (excludes halogenated alkanes) is 1. The van der Waals surface area contributed by atoms with Gasteiger partial charge in [0.2, 0.25) is 0 Å². The molecule has 1 saturated heterocycles. The maximum Gasteiger partial charge on any atom is 0.191 e. The number of nitrogens with zero attached hydrogens (tertiary/aromatic N) is 5. The fourth-order valence-electron chi connectivity index (χ4n) is 2.98. The molecule has 2 rings (SSSR count). The molecule has 30 heavy (non-hydrogen) atoms. The van der Waals surface area contributed by atoms with Crippen LogP contribution in [0.2, 0.25) is 0 Å². The zero-order chi connectivity index (χ0) is 20.7. The third-order valence-electron chi connectivity index (χ3n) is 5.01. The Balaban J connectivity index is 0.00000450. The van der Waals surface area contributed by atoms with Gasteiger partial charge in [0.05, 0.1) is 13.2 Å². The first kappa shape index (κ1) is 27.1. The van der Waals surface area contributed by atoms with Crippen molar-refractivity contribution in [3.8, 4) is 0 Å². The monoisotopic (exact) mass is 537 g/mol. The van der Waals surface area contributed by atoms with Crippen LogP contribution >= 0.6 is 24.0 Å². The summed E-state index contributed by atoms with van der Waals surface area (Å²) in [5.41, 5.74) is 0. The van der Waals surface area contributed by atoms with Gasteiger partial charge in [0, 0.05) is 46.4 Å². The van der Waals surface area contributed by atoms with Crippen LogP contribution in [0.5, 0.6) is 0 Å². The highest BCUT2D eigenvalue weighted by Crippen LogP contribution is 2.00. The van der Waals surface area contributed by atoms with Gasteiger partial charge < -0.3 is 24.7 Å². The molecule has 0 atom stereocenters. The van der Waals surface area contributed by atoms with Gasteiger partial charge in [0.1, 0.15) is 12.4 Å². The van der Waals surface area contributed by atoms with E-state index in [9.17, 15) is 0 Å². The summed E-state index contributed by atoms with van der Waals surface area (Å²) in [5, 5.41) is 15.2. The number of aromatic nitrogens is 3.